The molecule has 0 bridgehead atoms. The molecule has 0 saturated carbocycles. The molecule has 2 atom stereocenters. The van der Waals surface area contributed by atoms with Crippen LogP contribution in [0, 0.1) is 0 Å². The normalized spacial score (nSPS) is 12.9. The maximum absolute atomic E-state index is 3.80. The van der Waals surface area contributed by atoms with Gasteiger partial charge in [-0.2, -0.15) is 0 Å². The van der Waals surface area contributed by atoms with E-state index < -0.39 is 0 Å². The SMILES string of the molecule is CCCCCCCCCCCCCCCCC(CCCCCCCCCCCCCCC)c1[nH]cc[n+]1C(C)CCCCCCCCCCCCCCC. The summed E-state index contributed by atoms with van der Waals surface area (Å²) in [5, 5.41) is 0. The fourth-order valence-corrected chi connectivity index (χ4v) is 9.08. The first-order chi connectivity index (χ1) is 26.7. The average Bonchev–Trinajstić information content (AvgIpc) is 3.68. The molecule has 54 heavy (non-hydrogen) atoms. The maximum Gasteiger partial charge on any atom is 0.257 e. The van der Waals surface area contributed by atoms with Crippen molar-refractivity contribution in [3.05, 3.63) is 18.2 Å². The summed E-state index contributed by atoms with van der Waals surface area (Å²) >= 11 is 0. The van der Waals surface area contributed by atoms with Crippen molar-refractivity contribution in [1.29, 1.82) is 0 Å². The van der Waals surface area contributed by atoms with E-state index in [1.54, 1.807) is 5.82 Å². The van der Waals surface area contributed by atoms with Crippen molar-refractivity contribution in [3.8, 4) is 0 Å². The molecule has 2 heteroatoms. The van der Waals surface area contributed by atoms with Crippen molar-refractivity contribution in [1.82, 2.24) is 4.98 Å². The zero-order chi connectivity index (χ0) is 38.8. The quantitative estimate of drug-likeness (QED) is 0.0505. The van der Waals surface area contributed by atoms with E-state index in [2.05, 4.69) is 49.6 Å². The minimum atomic E-state index is 0.615. The van der Waals surface area contributed by atoms with Crippen molar-refractivity contribution in [2.75, 3.05) is 0 Å². The van der Waals surface area contributed by atoms with Gasteiger partial charge in [0.25, 0.3) is 5.82 Å². The lowest BCUT2D eigenvalue weighted by molar-refractivity contribution is -0.727. The molecule has 2 nitrogen and oxygen atoms in total. The third-order valence-corrected chi connectivity index (χ3v) is 12.9. The summed E-state index contributed by atoms with van der Waals surface area (Å²) < 4.78 is 2.66. The highest BCUT2D eigenvalue weighted by atomic mass is 15.1. The van der Waals surface area contributed by atoms with Gasteiger partial charge in [0.1, 0.15) is 12.4 Å². The van der Waals surface area contributed by atoms with Gasteiger partial charge in [-0.05, 0) is 32.6 Å². The van der Waals surface area contributed by atoms with Crippen molar-refractivity contribution in [2.24, 2.45) is 0 Å². The second-order valence-electron chi connectivity index (χ2n) is 18.2. The van der Waals surface area contributed by atoms with Gasteiger partial charge in [0.15, 0.2) is 0 Å². The zero-order valence-corrected chi connectivity index (χ0v) is 38.2. The molecule has 0 aromatic carbocycles. The topological polar surface area (TPSA) is 19.7 Å². The molecule has 2 unspecified atom stereocenters. The lowest BCUT2D eigenvalue weighted by Gasteiger charge is -2.17. The van der Waals surface area contributed by atoms with Crippen LogP contribution in [-0.2, 0) is 0 Å². The standard InChI is InChI=1S/C52H102N2/c1-5-8-11-14-17-20-23-26-29-32-35-38-41-44-47-51(46-43-40-37-34-31-28-25-22-19-16-13-10-7-3)52-53-48-49-54(52)50(4)45-42-39-36-33-30-27-24-21-18-15-12-9-6-2/h48-51H,5-47H2,1-4H3/p+1. The molecule has 1 aromatic heterocycles. The highest BCUT2D eigenvalue weighted by Crippen LogP contribution is 2.28. The zero-order valence-electron chi connectivity index (χ0n) is 38.2. The Morgan fingerprint density at radius 1 is 0.352 bits per heavy atom. The molecule has 0 aliphatic heterocycles. The van der Waals surface area contributed by atoms with Crippen LogP contribution in [0.5, 0.6) is 0 Å². The minimum absolute atomic E-state index is 0.615. The number of nitrogens with one attached hydrogen (secondary N) is 1. The van der Waals surface area contributed by atoms with Gasteiger partial charge in [-0.3, -0.25) is 0 Å². The molecule has 320 valence electrons. The van der Waals surface area contributed by atoms with E-state index in [0.717, 1.165) is 0 Å². The molecule has 0 spiro atoms. The first-order valence-electron chi connectivity index (χ1n) is 25.8. The van der Waals surface area contributed by atoms with E-state index >= 15 is 0 Å². The van der Waals surface area contributed by atoms with E-state index in [4.69, 9.17) is 0 Å². The smallest absolute Gasteiger partial charge is 0.247 e. The number of aromatic nitrogens is 2. The largest absolute Gasteiger partial charge is 0.257 e. The molecule has 1 rings (SSSR count). The van der Waals surface area contributed by atoms with Gasteiger partial charge in [0.2, 0.25) is 0 Å². The summed E-state index contributed by atoms with van der Waals surface area (Å²) in [6.45, 7) is 9.45. The van der Waals surface area contributed by atoms with Crippen molar-refractivity contribution in [2.45, 2.75) is 316 Å². The number of H-pyrrole nitrogens is 1. The third kappa shape index (κ3) is 32.3. The molecule has 0 amide bonds. The van der Waals surface area contributed by atoms with Gasteiger partial charge in [0, 0.05) is 0 Å². The second kappa shape index (κ2) is 41.8. The maximum atomic E-state index is 3.80. The third-order valence-electron chi connectivity index (χ3n) is 12.9. The van der Waals surface area contributed by atoms with Gasteiger partial charge >= 0.3 is 0 Å². The Hall–Kier alpha value is -0.790. The molecule has 1 aromatic rings. The Morgan fingerprint density at radius 2 is 0.593 bits per heavy atom. The fraction of sp³-hybridized carbons (Fsp3) is 0.942. The van der Waals surface area contributed by atoms with Crippen molar-refractivity contribution >= 4 is 0 Å². The highest BCUT2D eigenvalue weighted by Gasteiger charge is 2.25. The van der Waals surface area contributed by atoms with E-state index in [0.29, 0.717) is 12.0 Å². The summed E-state index contributed by atoms with van der Waals surface area (Å²) in [5.74, 6) is 2.25. The lowest BCUT2D eigenvalue weighted by atomic mass is 9.92. The fourth-order valence-electron chi connectivity index (χ4n) is 9.08. The lowest BCUT2D eigenvalue weighted by Crippen LogP contribution is -2.41. The number of unbranched alkanes of at least 4 members (excludes halogenated alkanes) is 37. The molecule has 0 aliphatic carbocycles. The van der Waals surface area contributed by atoms with E-state index in [-0.39, 0.29) is 0 Å². The van der Waals surface area contributed by atoms with Gasteiger partial charge in [-0.1, -0.05) is 271 Å². The average molecular weight is 756 g/mol. The van der Waals surface area contributed by atoms with E-state index in [1.807, 2.05) is 0 Å². The van der Waals surface area contributed by atoms with Crippen LogP contribution < -0.4 is 4.57 Å². The molecule has 0 saturated heterocycles. The molecular weight excluding hydrogens is 653 g/mol. The van der Waals surface area contributed by atoms with Gasteiger partial charge < -0.3 is 0 Å². The summed E-state index contributed by atoms with van der Waals surface area (Å²) in [5.41, 5.74) is 0. The Balaban J connectivity index is 2.36. The molecule has 0 radical (unpaired) electrons. The van der Waals surface area contributed by atoms with Gasteiger partial charge in [-0.15, -0.1) is 0 Å². The van der Waals surface area contributed by atoms with Crippen LogP contribution in [-0.4, -0.2) is 4.98 Å². The Labute approximate surface area is 342 Å². The van der Waals surface area contributed by atoms with E-state index in [9.17, 15) is 0 Å². The highest BCUT2D eigenvalue weighted by molar-refractivity contribution is 4.90. The molecule has 0 aliphatic rings. The molecule has 1 heterocycles. The minimum Gasteiger partial charge on any atom is -0.247 e. The Morgan fingerprint density at radius 3 is 0.870 bits per heavy atom. The monoisotopic (exact) mass is 756 g/mol. The van der Waals surface area contributed by atoms with E-state index in [1.165, 1.54) is 276 Å². The summed E-state index contributed by atoms with van der Waals surface area (Å²) in [4.78, 5) is 3.80. The molecule has 0 fully saturated rings. The van der Waals surface area contributed by atoms with Crippen LogP contribution in [0.2, 0.25) is 0 Å². The van der Waals surface area contributed by atoms with Gasteiger partial charge in [-0.25, -0.2) is 9.55 Å². The first-order valence-corrected chi connectivity index (χ1v) is 25.8. The predicted octanol–water partition coefficient (Wildman–Crippen LogP) is 18.8. The number of aromatic amines is 1. The number of hydrogen-bond donors (Lipinski definition) is 1. The summed E-state index contributed by atoms with van der Waals surface area (Å²) in [6, 6.07) is 0.615. The number of imidazole rings is 1. The first kappa shape index (κ1) is 51.2. The van der Waals surface area contributed by atoms with Crippen molar-refractivity contribution in [3.63, 3.8) is 0 Å². The number of hydrogen-bond acceptors (Lipinski definition) is 0. The van der Waals surface area contributed by atoms with Crippen LogP contribution in [0.25, 0.3) is 0 Å². The number of rotatable bonds is 45. The van der Waals surface area contributed by atoms with Crippen LogP contribution in [0.4, 0.5) is 0 Å². The number of nitrogens with zero attached hydrogens (tertiary/aromatic N) is 1. The second-order valence-corrected chi connectivity index (χ2v) is 18.2. The van der Waals surface area contributed by atoms with Gasteiger partial charge in [0.05, 0.1) is 12.0 Å². The predicted molar refractivity (Wildman–Crippen MR) is 244 cm³/mol. The molecule has 1 N–H and O–H groups in total. The summed E-state index contributed by atoms with van der Waals surface area (Å²) in [7, 11) is 0. The van der Waals surface area contributed by atoms with Crippen molar-refractivity contribution < 1.29 is 4.57 Å². The van der Waals surface area contributed by atoms with Crippen LogP contribution >= 0.6 is 0 Å². The molecular formula is C52H103N2+. The Kier molecular flexibility index (Phi) is 39.7. The van der Waals surface area contributed by atoms with Crippen LogP contribution in [0.1, 0.15) is 322 Å². The van der Waals surface area contributed by atoms with Crippen LogP contribution in [0.3, 0.4) is 0 Å². The summed E-state index contributed by atoms with van der Waals surface area (Å²) in [6.07, 6.45) is 66.6. The Bertz CT molecular complexity index is 828. The van der Waals surface area contributed by atoms with Crippen LogP contribution in [0.15, 0.2) is 12.4 Å².